The molecule has 4 aliphatic heterocycles. The molecular formula is C54H56FN7O6. The summed E-state index contributed by atoms with van der Waals surface area (Å²) in [5.41, 5.74) is 5.31. The van der Waals surface area contributed by atoms with Crippen molar-refractivity contribution in [2.24, 2.45) is 0 Å². The van der Waals surface area contributed by atoms with Gasteiger partial charge in [-0.05, 0) is 109 Å². The van der Waals surface area contributed by atoms with E-state index in [2.05, 4.69) is 15.5 Å². The van der Waals surface area contributed by atoms with Crippen LogP contribution in [0.3, 0.4) is 0 Å². The van der Waals surface area contributed by atoms with E-state index in [1.165, 1.54) is 12.1 Å². The fourth-order valence-corrected chi connectivity index (χ4v) is 10.2. The van der Waals surface area contributed by atoms with E-state index in [-0.39, 0.29) is 41.3 Å². The quantitative estimate of drug-likeness (QED) is 0.110. The molecule has 13 nitrogen and oxygen atoms in total. The van der Waals surface area contributed by atoms with Gasteiger partial charge in [0, 0.05) is 69.2 Å². The summed E-state index contributed by atoms with van der Waals surface area (Å²) in [6.45, 7) is 2.77. The first kappa shape index (κ1) is 45.8. The Labute approximate surface area is 395 Å². The molecule has 4 heterocycles. The highest BCUT2D eigenvalue weighted by molar-refractivity contribution is 6.00. The molecule has 6 amide bonds. The van der Waals surface area contributed by atoms with Crippen molar-refractivity contribution in [3.63, 3.8) is 0 Å². The Morgan fingerprint density at radius 1 is 0.529 bits per heavy atom. The summed E-state index contributed by atoms with van der Waals surface area (Å²) in [6, 6.07) is 37.0. The minimum absolute atomic E-state index is 0.0565. The molecular weight excluding hydrogens is 862 g/mol. The van der Waals surface area contributed by atoms with E-state index in [1.54, 1.807) is 31.7 Å². The van der Waals surface area contributed by atoms with Gasteiger partial charge in [0.1, 0.15) is 30.0 Å². The molecule has 0 bridgehead atoms. The first-order valence-corrected chi connectivity index (χ1v) is 23.7. The molecule has 9 rings (SSSR count). The number of nitrogens with zero attached hydrogens (tertiary/aromatic N) is 5. The van der Waals surface area contributed by atoms with Gasteiger partial charge in [-0.2, -0.15) is 0 Å². The number of benzene rings is 5. The van der Waals surface area contributed by atoms with Crippen LogP contribution in [-0.2, 0) is 41.9 Å². The lowest BCUT2D eigenvalue weighted by molar-refractivity contribution is -0.146. The number of carbonyl (C=O) groups excluding carboxylic acids is 6. The number of likely N-dealkylation sites (tertiary alicyclic amines) is 4. The van der Waals surface area contributed by atoms with Gasteiger partial charge >= 0.3 is 0 Å². The van der Waals surface area contributed by atoms with Crippen molar-refractivity contribution in [3.8, 4) is 0 Å². The van der Waals surface area contributed by atoms with Gasteiger partial charge in [-0.15, -0.1) is 0 Å². The van der Waals surface area contributed by atoms with Crippen molar-refractivity contribution in [1.82, 2.24) is 19.6 Å². The Hall–Kier alpha value is -7.35. The van der Waals surface area contributed by atoms with Crippen LogP contribution in [0.25, 0.3) is 0 Å². The van der Waals surface area contributed by atoms with Crippen LogP contribution in [0, 0.1) is 5.82 Å². The largest absolute Gasteiger partial charge is 0.363 e. The monoisotopic (exact) mass is 917 g/mol. The van der Waals surface area contributed by atoms with Crippen molar-refractivity contribution in [3.05, 3.63) is 162 Å². The third-order valence-electron chi connectivity index (χ3n) is 13.6. The first-order valence-electron chi connectivity index (χ1n) is 23.7. The molecule has 4 saturated heterocycles. The predicted octanol–water partition coefficient (Wildman–Crippen LogP) is 7.62. The maximum absolute atomic E-state index is 14.2. The molecule has 14 heteroatoms. The first-order chi connectivity index (χ1) is 33.1. The predicted molar refractivity (Wildman–Crippen MR) is 256 cm³/mol. The summed E-state index contributed by atoms with van der Waals surface area (Å²) in [7, 11) is 0. The number of amides is 6. The number of rotatable bonds is 15. The molecule has 4 fully saturated rings. The highest BCUT2D eigenvalue weighted by Crippen LogP contribution is 2.34. The van der Waals surface area contributed by atoms with E-state index in [4.69, 9.17) is 0 Å². The third kappa shape index (κ3) is 10.1. The minimum Gasteiger partial charge on any atom is -0.363 e. The molecule has 0 saturated carbocycles. The van der Waals surface area contributed by atoms with Crippen LogP contribution >= 0.6 is 0 Å². The maximum atomic E-state index is 14.2. The van der Waals surface area contributed by atoms with Crippen LogP contribution in [0.1, 0.15) is 85.7 Å². The van der Waals surface area contributed by atoms with Gasteiger partial charge in [0.05, 0.1) is 0 Å². The lowest BCUT2D eigenvalue weighted by atomic mass is 10.0. The normalized spacial score (nSPS) is 19.0. The Kier molecular flexibility index (Phi) is 13.9. The second kappa shape index (κ2) is 20.7. The zero-order valence-corrected chi connectivity index (χ0v) is 38.0. The van der Waals surface area contributed by atoms with E-state index in [1.807, 2.05) is 109 Å². The van der Waals surface area contributed by atoms with E-state index >= 15 is 0 Å². The Balaban J connectivity index is 0.837. The minimum atomic E-state index is -0.776. The average molecular weight is 918 g/mol. The SMILES string of the molecule is O=C(Nc1ccc(CN(Cc2ccc(NC(=O)[C@@H]3CCCN3C(=O)[C@@H](c3ccccc3)N3CCCC3=O)cc2)c2ccc(F)cc2)cc1)[C@@H]1CCCN1C(=O)[C@@H](c1ccccc1)N1CCCC1=O. The molecule has 0 radical (unpaired) electrons. The van der Waals surface area contributed by atoms with Crippen molar-refractivity contribution in [2.75, 3.05) is 41.7 Å². The Bertz CT molecular complexity index is 2460. The summed E-state index contributed by atoms with van der Waals surface area (Å²) in [5.74, 6) is -1.51. The molecule has 5 aromatic carbocycles. The van der Waals surface area contributed by atoms with Crippen LogP contribution in [-0.4, -0.2) is 93.3 Å². The summed E-state index contributed by atoms with van der Waals surface area (Å²) in [4.78, 5) is 90.3. The molecule has 4 aliphatic rings. The average Bonchev–Trinajstić information content (AvgIpc) is 4.21. The number of hydrogen-bond acceptors (Lipinski definition) is 7. The summed E-state index contributed by atoms with van der Waals surface area (Å²) >= 11 is 0. The molecule has 68 heavy (non-hydrogen) atoms. The van der Waals surface area contributed by atoms with Crippen LogP contribution in [0.4, 0.5) is 21.5 Å². The second-order valence-corrected chi connectivity index (χ2v) is 18.1. The van der Waals surface area contributed by atoms with Crippen molar-refractivity contribution >= 4 is 52.5 Å². The van der Waals surface area contributed by atoms with Gasteiger partial charge < -0.3 is 35.1 Å². The van der Waals surface area contributed by atoms with Gasteiger partial charge in [-0.25, -0.2) is 4.39 Å². The maximum Gasteiger partial charge on any atom is 0.250 e. The number of anilines is 3. The van der Waals surface area contributed by atoms with E-state index < -0.39 is 24.2 Å². The fourth-order valence-electron chi connectivity index (χ4n) is 10.2. The van der Waals surface area contributed by atoms with E-state index in [0.717, 1.165) is 27.9 Å². The van der Waals surface area contributed by atoms with Gasteiger partial charge in [-0.3, -0.25) is 28.8 Å². The summed E-state index contributed by atoms with van der Waals surface area (Å²) in [5, 5.41) is 6.04. The number of hydrogen-bond donors (Lipinski definition) is 2. The summed E-state index contributed by atoms with van der Waals surface area (Å²) < 4.78 is 14.1. The highest BCUT2D eigenvalue weighted by Gasteiger charge is 2.43. The van der Waals surface area contributed by atoms with E-state index in [9.17, 15) is 33.2 Å². The van der Waals surface area contributed by atoms with Crippen LogP contribution < -0.4 is 15.5 Å². The molecule has 4 atom stereocenters. The summed E-state index contributed by atoms with van der Waals surface area (Å²) in [6.07, 6.45) is 4.58. The molecule has 0 spiro atoms. The molecule has 0 unspecified atom stereocenters. The number of halogens is 1. The third-order valence-corrected chi connectivity index (χ3v) is 13.6. The smallest absolute Gasteiger partial charge is 0.250 e. The van der Waals surface area contributed by atoms with Crippen molar-refractivity contribution in [2.45, 2.75) is 88.6 Å². The number of nitrogens with one attached hydrogen (secondary N) is 2. The molecule has 350 valence electrons. The van der Waals surface area contributed by atoms with Crippen LogP contribution in [0.15, 0.2) is 133 Å². The van der Waals surface area contributed by atoms with Crippen LogP contribution in [0.2, 0.25) is 0 Å². The van der Waals surface area contributed by atoms with Crippen molar-refractivity contribution < 1.29 is 33.2 Å². The van der Waals surface area contributed by atoms with Gasteiger partial charge in [0.25, 0.3) is 11.8 Å². The molecule has 0 aliphatic carbocycles. The number of carbonyl (C=O) groups is 6. The zero-order valence-electron chi connectivity index (χ0n) is 38.0. The fraction of sp³-hybridized carbons (Fsp3) is 0.333. The van der Waals surface area contributed by atoms with Crippen LogP contribution in [0.5, 0.6) is 0 Å². The molecule has 0 aromatic heterocycles. The van der Waals surface area contributed by atoms with Gasteiger partial charge in [0.15, 0.2) is 0 Å². The van der Waals surface area contributed by atoms with E-state index in [0.29, 0.717) is 102 Å². The topological polar surface area (TPSA) is 143 Å². The Morgan fingerprint density at radius 3 is 1.32 bits per heavy atom. The lowest BCUT2D eigenvalue weighted by Gasteiger charge is -2.33. The molecule has 5 aromatic rings. The van der Waals surface area contributed by atoms with Gasteiger partial charge in [0.2, 0.25) is 23.6 Å². The van der Waals surface area contributed by atoms with Crippen molar-refractivity contribution in [1.29, 1.82) is 0 Å². The highest BCUT2D eigenvalue weighted by atomic mass is 19.1. The lowest BCUT2D eigenvalue weighted by Crippen LogP contribution is -2.49. The zero-order chi connectivity index (χ0) is 47.1. The Morgan fingerprint density at radius 2 is 0.941 bits per heavy atom. The second-order valence-electron chi connectivity index (χ2n) is 18.1. The standard InChI is InChI=1S/C54H56FN7O6/c55-41-23-29-44(30-24-41)58(35-37-19-25-42(26-20-37)56-51(65)45-15-7-31-59(45)53(67)49(39-11-3-1-4-12-39)61-33-9-17-47(61)63)36-38-21-27-43(28-22-38)57-52(66)46-16-8-32-60(46)54(68)50(40-13-5-2-6-14-40)62-34-10-18-48(62)64/h1-6,11-14,19-30,45-46,49-50H,7-10,15-18,31-36H2,(H,56,65)(H,57,66)/t45-,46-,49+,50+/m0/s1. The molecule has 2 N–H and O–H groups in total. The van der Waals surface area contributed by atoms with Gasteiger partial charge in [-0.1, -0.05) is 84.9 Å².